The lowest BCUT2D eigenvalue weighted by Gasteiger charge is -2.07. The lowest BCUT2D eigenvalue weighted by Crippen LogP contribution is -2.12. The summed E-state index contributed by atoms with van der Waals surface area (Å²) in [5.74, 6) is -1.02. The summed E-state index contributed by atoms with van der Waals surface area (Å²) in [6, 6.07) is 10.3. The molecule has 0 unspecified atom stereocenters. The summed E-state index contributed by atoms with van der Waals surface area (Å²) < 4.78 is 13.9. The van der Waals surface area contributed by atoms with E-state index >= 15 is 0 Å². The SMILES string of the molecule is N#Cc1cc(NC(=O)c2ccc(Br)c(N)c2)ccc1F. The quantitative estimate of drug-likeness (QED) is 0.827. The first-order chi connectivity index (χ1) is 9.51. The van der Waals surface area contributed by atoms with Crippen molar-refractivity contribution in [2.75, 3.05) is 11.1 Å². The number of halogens is 2. The summed E-state index contributed by atoms with van der Waals surface area (Å²) in [7, 11) is 0. The number of rotatable bonds is 2. The summed E-state index contributed by atoms with van der Waals surface area (Å²) in [4.78, 5) is 12.0. The Morgan fingerprint density at radius 2 is 2.05 bits per heavy atom. The average Bonchev–Trinajstić information content (AvgIpc) is 2.43. The highest BCUT2D eigenvalue weighted by Crippen LogP contribution is 2.21. The van der Waals surface area contributed by atoms with E-state index in [0.717, 1.165) is 6.07 Å². The lowest BCUT2D eigenvalue weighted by molar-refractivity contribution is 0.102. The van der Waals surface area contributed by atoms with Gasteiger partial charge >= 0.3 is 0 Å². The van der Waals surface area contributed by atoms with Crippen LogP contribution < -0.4 is 11.1 Å². The molecule has 0 aliphatic heterocycles. The van der Waals surface area contributed by atoms with E-state index in [1.165, 1.54) is 18.2 Å². The molecule has 2 aromatic carbocycles. The molecule has 0 aliphatic rings. The molecule has 0 spiro atoms. The van der Waals surface area contributed by atoms with E-state index in [1.807, 2.05) is 0 Å². The Kier molecular flexibility index (Phi) is 4.01. The van der Waals surface area contributed by atoms with E-state index < -0.39 is 5.82 Å². The second kappa shape index (κ2) is 5.72. The molecular weight excluding hydrogens is 325 g/mol. The maximum absolute atomic E-state index is 13.2. The molecule has 100 valence electrons. The Balaban J connectivity index is 2.23. The van der Waals surface area contributed by atoms with Gasteiger partial charge in [-0.2, -0.15) is 5.26 Å². The van der Waals surface area contributed by atoms with Gasteiger partial charge in [0.2, 0.25) is 0 Å². The third kappa shape index (κ3) is 2.95. The molecule has 0 atom stereocenters. The second-order valence-electron chi connectivity index (χ2n) is 4.00. The highest BCUT2D eigenvalue weighted by atomic mass is 79.9. The maximum Gasteiger partial charge on any atom is 0.255 e. The van der Waals surface area contributed by atoms with Crippen LogP contribution in [-0.2, 0) is 0 Å². The van der Waals surface area contributed by atoms with E-state index in [0.29, 0.717) is 21.4 Å². The number of nitrogens with zero attached hydrogens (tertiary/aromatic N) is 1. The molecule has 0 saturated heterocycles. The first-order valence-electron chi connectivity index (χ1n) is 5.57. The Hall–Kier alpha value is -2.39. The fraction of sp³-hybridized carbons (Fsp3) is 0. The number of anilines is 2. The van der Waals surface area contributed by atoms with Crippen molar-refractivity contribution >= 4 is 33.2 Å². The van der Waals surface area contributed by atoms with Crippen molar-refractivity contribution in [2.45, 2.75) is 0 Å². The predicted molar refractivity (Wildman–Crippen MR) is 77.6 cm³/mol. The predicted octanol–water partition coefficient (Wildman–Crippen LogP) is 3.29. The molecule has 0 aliphatic carbocycles. The molecule has 3 N–H and O–H groups in total. The third-order valence-electron chi connectivity index (χ3n) is 2.60. The molecule has 0 heterocycles. The van der Waals surface area contributed by atoms with E-state index in [-0.39, 0.29) is 11.5 Å². The monoisotopic (exact) mass is 333 g/mol. The Bertz CT molecular complexity index is 725. The molecule has 0 aromatic heterocycles. The maximum atomic E-state index is 13.2. The standard InChI is InChI=1S/C14H9BrFN3O/c15-11-3-1-8(6-13(11)18)14(20)19-10-2-4-12(16)9(5-10)7-17/h1-6H,18H2,(H,19,20). The van der Waals surface area contributed by atoms with Crippen molar-refractivity contribution in [3.05, 3.63) is 57.8 Å². The van der Waals surface area contributed by atoms with Gasteiger partial charge in [0.1, 0.15) is 11.9 Å². The van der Waals surface area contributed by atoms with Crippen LogP contribution in [0, 0.1) is 17.1 Å². The molecule has 1 amide bonds. The zero-order valence-corrected chi connectivity index (χ0v) is 11.7. The van der Waals surface area contributed by atoms with Crippen LogP contribution in [0.25, 0.3) is 0 Å². The van der Waals surface area contributed by atoms with Crippen molar-refractivity contribution < 1.29 is 9.18 Å². The third-order valence-corrected chi connectivity index (χ3v) is 3.33. The Labute approximate surface area is 123 Å². The van der Waals surface area contributed by atoms with Gasteiger partial charge < -0.3 is 11.1 Å². The van der Waals surface area contributed by atoms with Gasteiger partial charge in [-0.1, -0.05) is 0 Å². The highest BCUT2D eigenvalue weighted by molar-refractivity contribution is 9.10. The molecule has 20 heavy (non-hydrogen) atoms. The van der Waals surface area contributed by atoms with Gasteiger partial charge in [0.05, 0.1) is 5.56 Å². The fourth-order valence-electron chi connectivity index (χ4n) is 1.58. The van der Waals surface area contributed by atoms with Crippen LogP contribution in [0.4, 0.5) is 15.8 Å². The first-order valence-corrected chi connectivity index (χ1v) is 6.36. The summed E-state index contributed by atoms with van der Waals surface area (Å²) >= 11 is 3.24. The van der Waals surface area contributed by atoms with Crippen LogP contribution in [0.2, 0.25) is 0 Å². The first kappa shape index (κ1) is 14.0. The number of nitrogens with one attached hydrogen (secondary N) is 1. The van der Waals surface area contributed by atoms with Gasteiger partial charge in [-0.3, -0.25) is 4.79 Å². The van der Waals surface area contributed by atoms with Crippen LogP contribution in [0.3, 0.4) is 0 Å². The van der Waals surface area contributed by atoms with Crippen molar-refractivity contribution in [3.8, 4) is 6.07 Å². The van der Waals surface area contributed by atoms with Gasteiger partial charge in [0.15, 0.2) is 0 Å². The van der Waals surface area contributed by atoms with E-state index in [4.69, 9.17) is 11.0 Å². The second-order valence-corrected chi connectivity index (χ2v) is 4.85. The number of carbonyl (C=O) groups excluding carboxylic acids is 1. The molecule has 4 nitrogen and oxygen atoms in total. The number of hydrogen-bond donors (Lipinski definition) is 2. The van der Waals surface area contributed by atoms with Gasteiger partial charge in [-0.05, 0) is 52.3 Å². The van der Waals surface area contributed by atoms with Crippen LogP contribution >= 0.6 is 15.9 Å². The number of carbonyl (C=O) groups is 1. The van der Waals surface area contributed by atoms with Crippen LogP contribution in [0.15, 0.2) is 40.9 Å². The average molecular weight is 334 g/mol. The van der Waals surface area contributed by atoms with E-state index in [1.54, 1.807) is 18.2 Å². The number of nitrogen functional groups attached to an aromatic ring is 1. The van der Waals surface area contributed by atoms with Crippen LogP contribution in [0.1, 0.15) is 15.9 Å². The minimum atomic E-state index is -0.626. The van der Waals surface area contributed by atoms with Crippen LogP contribution in [0.5, 0.6) is 0 Å². The minimum absolute atomic E-state index is 0.127. The zero-order chi connectivity index (χ0) is 14.7. The van der Waals surface area contributed by atoms with Crippen molar-refractivity contribution in [1.82, 2.24) is 0 Å². The Morgan fingerprint density at radius 3 is 2.70 bits per heavy atom. The normalized spacial score (nSPS) is 9.85. The molecule has 6 heteroatoms. The zero-order valence-electron chi connectivity index (χ0n) is 10.2. The fourth-order valence-corrected chi connectivity index (χ4v) is 1.82. The molecule has 2 rings (SSSR count). The molecule has 2 aromatic rings. The number of nitrogens with two attached hydrogens (primary N) is 1. The smallest absolute Gasteiger partial charge is 0.255 e. The minimum Gasteiger partial charge on any atom is -0.398 e. The van der Waals surface area contributed by atoms with Crippen LogP contribution in [-0.4, -0.2) is 5.91 Å². The van der Waals surface area contributed by atoms with Gasteiger partial charge in [0.25, 0.3) is 5.91 Å². The largest absolute Gasteiger partial charge is 0.398 e. The summed E-state index contributed by atoms with van der Waals surface area (Å²) in [6.45, 7) is 0. The molecule has 0 bridgehead atoms. The van der Waals surface area contributed by atoms with Gasteiger partial charge in [-0.15, -0.1) is 0 Å². The van der Waals surface area contributed by atoms with E-state index in [2.05, 4.69) is 21.2 Å². The molecule has 0 fully saturated rings. The number of hydrogen-bond acceptors (Lipinski definition) is 3. The molecule has 0 radical (unpaired) electrons. The molecule has 0 saturated carbocycles. The number of amides is 1. The van der Waals surface area contributed by atoms with E-state index in [9.17, 15) is 9.18 Å². The summed E-state index contributed by atoms with van der Waals surface area (Å²) in [5.41, 5.74) is 6.72. The lowest BCUT2D eigenvalue weighted by atomic mass is 10.1. The van der Waals surface area contributed by atoms with Gasteiger partial charge in [0, 0.05) is 21.4 Å². The van der Waals surface area contributed by atoms with Crippen molar-refractivity contribution in [3.63, 3.8) is 0 Å². The molecular formula is C14H9BrFN3O. The van der Waals surface area contributed by atoms with Gasteiger partial charge in [-0.25, -0.2) is 4.39 Å². The number of benzene rings is 2. The van der Waals surface area contributed by atoms with Crippen molar-refractivity contribution in [1.29, 1.82) is 5.26 Å². The summed E-state index contributed by atoms with van der Waals surface area (Å²) in [6.07, 6.45) is 0. The number of nitriles is 1. The summed E-state index contributed by atoms with van der Waals surface area (Å²) in [5, 5.41) is 11.3. The van der Waals surface area contributed by atoms with Crippen molar-refractivity contribution in [2.24, 2.45) is 0 Å². The highest BCUT2D eigenvalue weighted by Gasteiger charge is 2.09. The Morgan fingerprint density at radius 1 is 1.30 bits per heavy atom. The topological polar surface area (TPSA) is 78.9 Å².